The van der Waals surface area contributed by atoms with Crippen LogP contribution in [0.2, 0.25) is 0 Å². The van der Waals surface area contributed by atoms with E-state index in [-0.39, 0.29) is 11.3 Å². The summed E-state index contributed by atoms with van der Waals surface area (Å²) in [6.07, 6.45) is 8.08. The highest BCUT2D eigenvalue weighted by molar-refractivity contribution is 5.92. The van der Waals surface area contributed by atoms with Crippen molar-refractivity contribution >= 4 is 12.0 Å². The van der Waals surface area contributed by atoms with Gasteiger partial charge in [-0.1, -0.05) is 31.5 Å². The van der Waals surface area contributed by atoms with Crippen molar-refractivity contribution in [1.29, 1.82) is 0 Å². The van der Waals surface area contributed by atoms with Gasteiger partial charge in [0.05, 0.1) is 18.4 Å². The van der Waals surface area contributed by atoms with Crippen molar-refractivity contribution in [3.63, 3.8) is 0 Å². The van der Waals surface area contributed by atoms with E-state index in [0.717, 1.165) is 54.9 Å². The van der Waals surface area contributed by atoms with Gasteiger partial charge in [-0.3, -0.25) is 4.79 Å². The largest absolute Gasteiger partial charge is 0.493 e. The molecule has 3 rings (SSSR count). The Balaban J connectivity index is 1.65. The van der Waals surface area contributed by atoms with Gasteiger partial charge >= 0.3 is 0 Å². The summed E-state index contributed by atoms with van der Waals surface area (Å²) in [5, 5.41) is 3.95. The summed E-state index contributed by atoms with van der Waals surface area (Å²) in [4.78, 5) is 14.7. The second-order valence-electron chi connectivity index (χ2n) is 8.76. The van der Waals surface area contributed by atoms with Gasteiger partial charge in [0.15, 0.2) is 11.5 Å². The summed E-state index contributed by atoms with van der Waals surface area (Å²) >= 11 is 0. The van der Waals surface area contributed by atoms with E-state index in [4.69, 9.17) is 14.0 Å². The molecule has 2 heterocycles. The van der Waals surface area contributed by atoms with Gasteiger partial charge in [0.2, 0.25) is 5.91 Å². The molecule has 1 aromatic heterocycles. The molecule has 0 bridgehead atoms. The van der Waals surface area contributed by atoms with Crippen LogP contribution in [-0.2, 0) is 11.4 Å². The third-order valence-corrected chi connectivity index (χ3v) is 6.11. The van der Waals surface area contributed by atoms with Crippen LogP contribution in [0.3, 0.4) is 0 Å². The molecule has 0 spiro atoms. The van der Waals surface area contributed by atoms with Crippen molar-refractivity contribution in [2.24, 2.45) is 5.41 Å². The monoisotopic (exact) mass is 426 g/mol. The molecule has 0 aliphatic carbocycles. The molecule has 1 aromatic carbocycles. The number of amides is 1. The van der Waals surface area contributed by atoms with Gasteiger partial charge in [-0.2, -0.15) is 0 Å². The van der Waals surface area contributed by atoms with Crippen LogP contribution in [0, 0.1) is 19.3 Å². The maximum atomic E-state index is 12.8. The van der Waals surface area contributed by atoms with E-state index in [2.05, 4.69) is 19.0 Å². The number of benzene rings is 1. The van der Waals surface area contributed by atoms with Crippen molar-refractivity contribution in [2.75, 3.05) is 20.2 Å². The van der Waals surface area contributed by atoms with Crippen LogP contribution in [0.4, 0.5) is 0 Å². The zero-order valence-corrected chi connectivity index (χ0v) is 19.4. The first-order valence-corrected chi connectivity index (χ1v) is 11.0. The number of hydrogen-bond acceptors (Lipinski definition) is 5. The van der Waals surface area contributed by atoms with E-state index < -0.39 is 0 Å². The number of rotatable bonds is 8. The number of nitrogens with zero attached hydrogens (tertiary/aromatic N) is 2. The van der Waals surface area contributed by atoms with E-state index in [9.17, 15) is 4.79 Å². The summed E-state index contributed by atoms with van der Waals surface area (Å²) in [6, 6.07) is 5.66. The highest BCUT2D eigenvalue weighted by Crippen LogP contribution is 2.34. The molecule has 1 amide bonds. The molecule has 2 aromatic rings. The summed E-state index contributed by atoms with van der Waals surface area (Å²) in [5.41, 5.74) is 2.89. The third kappa shape index (κ3) is 5.69. The Morgan fingerprint density at radius 2 is 2.13 bits per heavy atom. The summed E-state index contributed by atoms with van der Waals surface area (Å²) < 4.78 is 16.6. The third-order valence-electron chi connectivity index (χ3n) is 6.11. The second-order valence-corrected chi connectivity index (χ2v) is 8.76. The normalized spacial score (nSPS) is 19.1. The van der Waals surface area contributed by atoms with Crippen LogP contribution >= 0.6 is 0 Å². The van der Waals surface area contributed by atoms with Crippen molar-refractivity contribution in [1.82, 2.24) is 10.1 Å². The van der Waals surface area contributed by atoms with E-state index in [1.807, 2.05) is 43.0 Å². The quantitative estimate of drug-likeness (QED) is 0.535. The molecule has 1 aliphatic heterocycles. The van der Waals surface area contributed by atoms with Gasteiger partial charge in [-0.15, -0.1) is 0 Å². The van der Waals surface area contributed by atoms with E-state index in [1.54, 1.807) is 13.2 Å². The van der Waals surface area contributed by atoms with Crippen molar-refractivity contribution < 1.29 is 18.8 Å². The molecule has 1 aliphatic rings. The number of aryl methyl sites for hydroxylation is 2. The molecule has 0 radical (unpaired) electrons. The minimum atomic E-state index is 0.0692. The van der Waals surface area contributed by atoms with Crippen LogP contribution in [0.5, 0.6) is 11.5 Å². The van der Waals surface area contributed by atoms with E-state index >= 15 is 0 Å². The summed E-state index contributed by atoms with van der Waals surface area (Å²) in [7, 11) is 1.61. The Morgan fingerprint density at radius 1 is 1.32 bits per heavy atom. The van der Waals surface area contributed by atoms with Gasteiger partial charge in [0, 0.05) is 19.2 Å². The number of carbonyl (C=O) groups excluding carboxylic acids is 1. The lowest BCUT2D eigenvalue weighted by atomic mass is 9.78. The molecule has 1 fully saturated rings. The van der Waals surface area contributed by atoms with Crippen LogP contribution in [0.1, 0.15) is 62.1 Å². The Bertz CT molecular complexity index is 910. The lowest BCUT2D eigenvalue weighted by Crippen LogP contribution is -2.44. The average Bonchev–Trinajstić information content (AvgIpc) is 3.08. The molecular weight excluding hydrogens is 392 g/mol. The minimum absolute atomic E-state index is 0.0692. The molecule has 31 heavy (non-hydrogen) atoms. The number of ether oxygens (including phenoxy) is 2. The molecule has 1 unspecified atom stereocenters. The zero-order valence-electron chi connectivity index (χ0n) is 19.4. The Morgan fingerprint density at radius 3 is 2.81 bits per heavy atom. The van der Waals surface area contributed by atoms with Gasteiger partial charge in [0.1, 0.15) is 12.4 Å². The fraction of sp³-hybridized carbons (Fsp3) is 0.520. The first-order chi connectivity index (χ1) is 14.8. The Labute approximate surface area is 185 Å². The minimum Gasteiger partial charge on any atom is -0.493 e. The maximum Gasteiger partial charge on any atom is 0.246 e. The van der Waals surface area contributed by atoms with E-state index in [1.165, 1.54) is 6.42 Å². The molecule has 6 nitrogen and oxygen atoms in total. The summed E-state index contributed by atoms with van der Waals surface area (Å²) in [6.45, 7) is 10.3. The number of piperidine rings is 1. The number of methoxy groups -OCH3 is 1. The predicted molar refractivity (Wildman–Crippen MR) is 121 cm³/mol. The first kappa shape index (κ1) is 22.9. The number of aromatic nitrogens is 1. The smallest absolute Gasteiger partial charge is 0.246 e. The van der Waals surface area contributed by atoms with Crippen molar-refractivity contribution in [3.8, 4) is 11.5 Å². The van der Waals surface area contributed by atoms with Crippen LogP contribution < -0.4 is 9.47 Å². The van der Waals surface area contributed by atoms with Gasteiger partial charge in [-0.25, -0.2) is 0 Å². The molecule has 6 heteroatoms. The van der Waals surface area contributed by atoms with Crippen molar-refractivity contribution in [2.45, 2.75) is 60.0 Å². The molecule has 0 N–H and O–H groups in total. The predicted octanol–water partition coefficient (Wildman–Crippen LogP) is 5.32. The lowest BCUT2D eigenvalue weighted by molar-refractivity contribution is -0.129. The fourth-order valence-electron chi connectivity index (χ4n) is 4.35. The number of likely N-dealkylation sites (tertiary alicyclic amines) is 1. The highest BCUT2D eigenvalue weighted by atomic mass is 16.5. The lowest BCUT2D eigenvalue weighted by Gasteiger charge is -2.40. The van der Waals surface area contributed by atoms with Gasteiger partial charge in [-0.05, 0) is 62.3 Å². The SMILES string of the molecule is CCCC1(C)CCCN(C(=O)C=Cc2ccc(OCc3c(C)noc3C)c(OC)c2)C1. The highest BCUT2D eigenvalue weighted by Gasteiger charge is 2.31. The van der Waals surface area contributed by atoms with Crippen LogP contribution in [0.15, 0.2) is 28.8 Å². The van der Waals surface area contributed by atoms with E-state index in [0.29, 0.717) is 18.1 Å². The molecular formula is C25H34N2O4. The molecule has 0 saturated carbocycles. The number of carbonyl (C=O) groups is 1. The Hall–Kier alpha value is -2.76. The molecule has 168 valence electrons. The van der Waals surface area contributed by atoms with Crippen LogP contribution in [0.25, 0.3) is 6.08 Å². The average molecular weight is 427 g/mol. The Kier molecular flexibility index (Phi) is 7.42. The maximum absolute atomic E-state index is 12.8. The van der Waals surface area contributed by atoms with Crippen LogP contribution in [-0.4, -0.2) is 36.2 Å². The fourth-order valence-corrected chi connectivity index (χ4v) is 4.35. The first-order valence-electron chi connectivity index (χ1n) is 11.0. The van der Waals surface area contributed by atoms with Gasteiger partial charge < -0.3 is 18.9 Å². The number of hydrogen-bond donors (Lipinski definition) is 0. The molecule has 1 saturated heterocycles. The molecule has 1 atom stereocenters. The topological polar surface area (TPSA) is 64.8 Å². The van der Waals surface area contributed by atoms with Crippen molar-refractivity contribution in [3.05, 3.63) is 46.9 Å². The second kappa shape index (κ2) is 10.0. The van der Waals surface area contributed by atoms with Gasteiger partial charge in [0.25, 0.3) is 0 Å². The zero-order chi connectivity index (χ0) is 22.4. The standard InChI is InChI=1S/C25H34N2O4/c1-6-12-25(4)13-7-14-27(17-25)24(28)11-9-20-8-10-22(23(15-20)29-5)30-16-21-18(2)26-31-19(21)3/h8-11,15H,6-7,12-14,16-17H2,1-5H3. The summed E-state index contributed by atoms with van der Waals surface area (Å²) in [5.74, 6) is 2.08.